The molecule has 10 heteroatoms. The summed E-state index contributed by atoms with van der Waals surface area (Å²) in [6, 6.07) is 3.73. The van der Waals surface area contributed by atoms with E-state index in [9.17, 15) is 4.79 Å². The molecule has 31 heavy (non-hydrogen) atoms. The molecule has 2 saturated heterocycles. The van der Waals surface area contributed by atoms with E-state index in [1.807, 2.05) is 6.92 Å². The summed E-state index contributed by atoms with van der Waals surface area (Å²) >= 11 is 0. The summed E-state index contributed by atoms with van der Waals surface area (Å²) in [7, 11) is 1.54. The van der Waals surface area contributed by atoms with E-state index in [4.69, 9.17) is 14.2 Å². The van der Waals surface area contributed by atoms with E-state index in [1.54, 1.807) is 30.1 Å². The average Bonchev–Trinajstić information content (AvgIpc) is 3.50. The van der Waals surface area contributed by atoms with E-state index in [-0.39, 0.29) is 11.9 Å². The minimum atomic E-state index is -0.123. The Morgan fingerprint density at radius 2 is 2.10 bits per heavy atom. The second kappa shape index (κ2) is 10.2. The number of hydrogen-bond donors (Lipinski definition) is 1. The standard InChI is InChI=1S/C21H30N6O4/c1-3-17-16(12-23-27(17)19-4-5-20(29-2)25-24-19)21(28)22-13-18(15-6-9-31-14-15)26-7-10-30-11-8-26/h4-5,12,15,18H,3,6-11,13-14H2,1-2H3,(H,22,28)/t15-,18+/m1/s1. The van der Waals surface area contributed by atoms with Gasteiger partial charge in [-0.3, -0.25) is 9.69 Å². The second-order valence-corrected chi connectivity index (χ2v) is 7.75. The van der Waals surface area contributed by atoms with Gasteiger partial charge < -0.3 is 19.5 Å². The number of methoxy groups -OCH3 is 1. The predicted molar refractivity (Wildman–Crippen MR) is 113 cm³/mol. The highest BCUT2D eigenvalue weighted by molar-refractivity contribution is 5.95. The number of morpholine rings is 1. The van der Waals surface area contributed by atoms with Gasteiger partial charge in [-0.05, 0) is 18.9 Å². The van der Waals surface area contributed by atoms with Gasteiger partial charge in [-0.15, -0.1) is 10.2 Å². The molecule has 0 spiro atoms. The number of ether oxygens (including phenoxy) is 3. The van der Waals surface area contributed by atoms with Crippen LogP contribution in [-0.4, -0.2) is 90.0 Å². The zero-order valence-electron chi connectivity index (χ0n) is 18.1. The molecule has 168 valence electrons. The Labute approximate surface area is 181 Å². The van der Waals surface area contributed by atoms with Crippen LogP contribution >= 0.6 is 0 Å². The van der Waals surface area contributed by atoms with Crippen molar-refractivity contribution in [3.63, 3.8) is 0 Å². The molecule has 1 amide bonds. The van der Waals surface area contributed by atoms with Gasteiger partial charge in [0.15, 0.2) is 5.82 Å². The van der Waals surface area contributed by atoms with Crippen LogP contribution in [0.25, 0.3) is 5.82 Å². The minimum Gasteiger partial charge on any atom is -0.480 e. The molecule has 2 aromatic rings. The Hall–Kier alpha value is -2.56. The van der Waals surface area contributed by atoms with Crippen molar-refractivity contribution in [2.45, 2.75) is 25.8 Å². The van der Waals surface area contributed by atoms with Crippen molar-refractivity contribution in [2.75, 3.05) is 53.2 Å². The molecule has 0 radical (unpaired) electrons. The maximum atomic E-state index is 13.1. The summed E-state index contributed by atoms with van der Waals surface area (Å²) in [6.45, 7) is 7.32. The quantitative estimate of drug-likeness (QED) is 0.653. The van der Waals surface area contributed by atoms with E-state index in [0.717, 1.165) is 51.6 Å². The SMILES string of the molecule is CCc1c(C(=O)NC[C@@H]([C@@H]2CCOC2)N2CCOCC2)cnn1-c1ccc(OC)nn1. The van der Waals surface area contributed by atoms with Crippen molar-refractivity contribution in [1.82, 2.24) is 30.2 Å². The summed E-state index contributed by atoms with van der Waals surface area (Å²) in [6.07, 6.45) is 3.26. The molecule has 0 aromatic carbocycles. The van der Waals surface area contributed by atoms with Crippen LogP contribution in [0.2, 0.25) is 0 Å². The molecule has 0 unspecified atom stereocenters. The van der Waals surface area contributed by atoms with Crippen molar-refractivity contribution in [3.05, 3.63) is 29.6 Å². The van der Waals surface area contributed by atoms with Crippen molar-refractivity contribution >= 4 is 5.91 Å². The highest BCUT2D eigenvalue weighted by atomic mass is 16.5. The first-order valence-corrected chi connectivity index (χ1v) is 10.8. The van der Waals surface area contributed by atoms with E-state index < -0.39 is 0 Å². The summed E-state index contributed by atoms with van der Waals surface area (Å²) in [4.78, 5) is 15.5. The number of amides is 1. The smallest absolute Gasteiger partial charge is 0.254 e. The molecule has 0 bridgehead atoms. The molecule has 2 atom stereocenters. The van der Waals surface area contributed by atoms with E-state index in [1.165, 1.54) is 0 Å². The summed E-state index contributed by atoms with van der Waals surface area (Å²) in [5, 5.41) is 15.7. The van der Waals surface area contributed by atoms with E-state index in [2.05, 4.69) is 25.5 Å². The Kier molecular flexibility index (Phi) is 7.10. The van der Waals surface area contributed by atoms with Gasteiger partial charge in [0.25, 0.3) is 5.91 Å². The predicted octanol–water partition coefficient (Wildman–Crippen LogP) is 0.700. The van der Waals surface area contributed by atoms with E-state index >= 15 is 0 Å². The van der Waals surface area contributed by atoms with Crippen LogP contribution in [0.1, 0.15) is 29.4 Å². The molecule has 0 aliphatic carbocycles. The van der Waals surface area contributed by atoms with Crippen molar-refractivity contribution in [2.24, 2.45) is 5.92 Å². The van der Waals surface area contributed by atoms with Crippen LogP contribution in [0.4, 0.5) is 0 Å². The number of rotatable bonds is 8. The van der Waals surface area contributed by atoms with Gasteiger partial charge in [0.05, 0.1) is 44.4 Å². The highest BCUT2D eigenvalue weighted by Crippen LogP contribution is 2.22. The maximum Gasteiger partial charge on any atom is 0.254 e. The lowest BCUT2D eigenvalue weighted by Crippen LogP contribution is -2.52. The van der Waals surface area contributed by atoms with Crippen LogP contribution in [0.5, 0.6) is 5.88 Å². The first-order valence-electron chi connectivity index (χ1n) is 10.8. The van der Waals surface area contributed by atoms with Crippen LogP contribution in [-0.2, 0) is 15.9 Å². The molecule has 1 N–H and O–H groups in total. The van der Waals surface area contributed by atoms with Gasteiger partial charge in [0, 0.05) is 44.3 Å². The highest BCUT2D eigenvalue weighted by Gasteiger charge is 2.32. The lowest BCUT2D eigenvalue weighted by atomic mass is 9.96. The summed E-state index contributed by atoms with van der Waals surface area (Å²) < 4.78 is 17.8. The molecule has 2 aliphatic rings. The fraction of sp³-hybridized carbons (Fsp3) is 0.619. The Morgan fingerprint density at radius 1 is 1.26 bits per heavy atom. The number of carbonyl (C=O) groups is 1. The number of aromatic nitrogens is 4. The average molecular weight is 431 g/mol. The van der Waals surface area contributed by atoms with Gasteiger partial charge >= 0.3 is 0 Å². The van der Waals surface area contributed by atoms with Gasteiger partial charge in [-0.1, -0.05) is 6.92 Å². The first kappa shape index (κ1) is 21.7. The molecule has 2 fully saturated rings. The van der Waals surface area contributed by atoms with Crippen LogP contribution in [0.15, 0.2) is 18.3 Å². The van der Waals surface area contributed by atoms with Crippen LogP contribution < -0.4 is 10.1 Å². The number of hydrogen-bond acceptors (Lipinski definition) is 8. The zero-order valence-corrected chi connectivity index (χ0v) is 18.1. The largest absolute Gasteiger partial charge is 0.480 e. The molecule has 4 heterocycles. The van der Waals surface area contributed by atoms with Gasteiger partial charge in [-0.25, -0.2) is 4.68 Å². The molecule has 2 aliphatic heterocycles. The molecular weight excluding hydrogens is 400 g/mol. The lowest BCUT2D eigenvalue weighted by molar-refractivity contribution is 0.00166. The van der Waals surface area contributed by atoms with Crippen molar-refractivity contribution in [3.8, 4) is 11.7 Å². The minimum absolute atomic E-state index is 0.123. The van der Waals surface area contributed by atoms with Crippen LogP contribution in [0, 0.1) is 5.92 Å². The third kappa shape index (κ3) is 4.86. The molecule has 4 rings (SSSR count). The second-order valence-electron chi connectivity index (χ2n) is 7.75. The third-order valence-corrected chi connectivity index (χ3v) is 6.00. The van der Waals surface area contributed by atoms with Gasteiger partial charge in [0.2, 0.25) is 5.88 Å². The Balaban J connectivity index is 1.47. The summed E-state index contributed by atoms with van der Waals surface area (Å²) in [5.74, 6) is 1.27. The van der Waals surface area contributed by atoms with Gasteiger partial charge in [0.1, 0.15) is 0 Å². The monoisotopic (exact) mass is 430 g/mol. The first-order chi connectivity index (χ1) is 15.2. The van der Waals surface area contributed by atoms with E-state index in [0.29, 0.717) is 36.1 Å². The third-order valence-electron chi connectivity index (χ3n) is 6.00. The van der Waals surface area contributed by atoms with Crippen molar-refractivity contribution in [1.29, 1.82) is 0 Å². The number of carbonyl (C=O) groups excluding carboxylic acids is 1. The normalized spacial score (nSPS) is 20.5. The fourth-order valence-electron chi connectivity index (χ4n) is 4.29. The number of nitrogens with one attached hydrogen (secondary N) is 1. The molecule has 0 saturated carbocycles. The molecular formula is C21H30N6O4. The lowest BCUT2D eigenvalue weighted by Gasteiger charge is -2.37. The van der Waals surface area contributed by atoms with Gasteiger partial charge in [-0.2, -0.15) is 5.10 Å². The van der Waals surface area contributed by atoms with Crippen molar-refractivity contribution < 1.29 is 19.0 Å². The Morgan fingerprint density at radius 3 is 2.74 bits per heavy atom. The topological polar surface area (TPSA) is 104 Å². The molecule has 2 aromatic heterocycles. The van der Waals surface area contributed by atoms with Crippen LogP contribution in [0.3, 0.4) is 0 Å². The number of nitrogens with zero attached hydrogens (tertiary/aromatic N) is 5. The maximum absolute atomic E-state index is 13.1. The fourth-order valence-corrected chi connectivity index (χ4v) is 4.29. The zero-order chi connectivity index (χ0) is 21.6. The Bertz CT molecular complexity index is 859. The molecule has 10 nitrogen and oxygen atoms in total. The summed E-state index contributed by atoms with van der Waals surface area (Å²) in [5.41, 5.74) is 1.35.